The standard InChI is InChI=1S/C23H29NO4/c1-6-17-7-11-19(12-8-17)24-22(26)16(2)28-21(25)15-27-20-13-9-18(10-14-20)23(3,4)5/h7-14,16H,6,15H2,1-5H3,(H,24,26)/t16-/m1/s1. The van der Waals surface area contributed by atoms with Crippen LogP contribution < -0.4 is 10.1 Å². The van der Waals surface area contributed by atoms with Crippen molar-refractivity contribution in [3.63, 3.8) is 0 Å². The Balaban J connectivity index is 1.80. The van der Waals surface area contributed by atoms with E-state index in [1.165, 1.54) is 18.1 Å². The second-order valence-corrected chi connectivity index (χ2v) is 7.73. The van der Waals surface area contributed by atoms with E-state index >= 15 is 0 Å². The Hall–Kier alpha value is -2.82. The Morgan fingerprint density at radius 2 is 1.61 bits per heavy atom. The van der Waals surface area contributed by atoms with Crippen LogP contribution in [0.4, 0.5) is 5.69 Å². The molecule has 0 unspecified atom stereocenters. The highest BCUT2D eigenvalue weighted by atomic mass is 16.6. The Bertz CT molecular complexity index is 789. The first kappa shape index (κ1) is 21.5. The minimum absolute atomic E-state index is 0.0527. The normalized spacial score (nSPS) is 12.2. The number of amides is 1. The smallest absolute Gasteiger partial charge is 0.344 e. The van der Waals surface area contributed by atoms with E-state index in [1.54, 1.807) is 0 Å². The van der Waals surface area contributed by atoms with E-state index in [0.29, 0.717) is 11.4 Å². The zero-order chi connectivity index (χ0) is 20.7. The van der Waals surface area contributed by atoms with Gasteiger partial charge in [-0.15, -0.1) is 0 Å². The number of aryl methyl sites for hydroxylation is 1. The highest BCUT2D eigenvalue weighted by Crippen LogP contribution is 2.24. The van der Waals surface area contributed by atoms with Crippen LogP contribution in [0, 0.1) is 0 Å². The fraction of sp³-hybridized carbons (Fsp3) is 0.391. The van der Waals surface area contributed by atoms with E-state index in [0.717, 1.165) is 6.42 Å². The van der Waals surface area contributed by atoms with Gasteiger partial charge in [-0.3, -0.25) is 4.79 Å². The maximum Gasteiger partial charge on any atom is 0.344 e. The van der Waals surface area contributed by atoms with E-state index in [4.69, 9.17) is 9.47 Å². The number of ether oxygens (including phenoxy) is 2. The third-order valence-electron chi connectivity index (χ3n) is 4.38. The van der Waals surface area contributed by atoms with Crippen LogP contribution in [0.1, 0.15) is 45.7 Å². The van der Waals surface area contributed by atoms with Crippen LogP contribution in [0.15, 0.2) is 48.5 Å². The van der Waals surface area contributed by atoms with E-state index < -0.39 is 12.1 Å². The number of hydrogen-bond acceptors (Lipinski definition) is 4. The molecular weight excluding hydrogens is 354 g/mol. The molecule has 0 radical (unpaired) electrons. The maximum atomic E-state index is 12.2. The van der Waals surface area contributed by atoms with Crippen molar-refractivity contribution in [3.05, 3.63) is 59.7 Å². The highest BCUT2D eigenvalue weighted by molar-refractivity contribution is 5.95. The van der Waals surface area contributed by atoms with E-state index in [1.807, 2.05) is 48.5 Å². The molecule has 0 aliphatic rings. The first-order valence-electron chi connectivity index (χ1n) is 9.51. The number of hydrogen-bond donors (Lipinski definition) is 1. The molecule has 2 aromatic rings. The maximum absolute atomic E-state index is 12.2. The highest BCUT2D eigenvalue weighted by Gasteiger charge is 2.18. The SMILES string of the molecule is CCc1ccc(NC(=O)[C@@H](C)OC(=O)COc2ccc(C(C)(C)C)cc2)cc1. The summed E-state index contributed by atoms with van der Waals surface area (Å²) in [5.41, 5.74) is 3.09. The monoisotopic (exact) mass is 383 g/mol. The molecule has 150 valence electrons. The molecule has 28 heavy (non-hydrogen) atoms. The average molecular weight is 383 g/mol. The molecule has 0 spiro atoms. The molecule has 0 heterocycles. The van der Waals surface area contributed by atoms with Crippen LogP contribution in [-0.4, -0.2) is 24.6 Å². The van der Waals surface area contributed by atoms with Crippen molar-refractivity contribution in [1.82, 2.24) is 0 Å². The summed E-state index contributed by atoms with van der Waals surface area (Å²) in [5.74, 6) is -0.394. The number of benzene rings is 2. The lowest BCUT2D eigenvalue weighted by Crippen LogP contribution is -2.31. The Morgan fingerprint density at radius 1 is 1.00 bits per heavy atom. The molecule has 0 aromatic heterocycles. The summed E-state index contributed by atoms with van der Waals surface area (Å²) in [4.78, 5) is 24.1. The van der Waals surface area contributed by atoms with Crippen LogP contribution in [0.25, 0.3) is 0 Å². The van der Waals surface area contributed by atoms with Gasteiger partial charge in [0, 0.05) is 5.69 Å². The lowest BCUT2D eigenvalue weighted by molar-refractivity contribution is -0.155. The van der Waals surface area contributed by atoms with Crippen molar-refractivity contribution in [2.75, 3.05) is 11.9 Å². The van der Waals surface area contributed by atoms with Crippen LogP contribution in [-0.2, 0) is 26.2 Å². The molecule has 0 aliphatic heterocycles. The molecule has 0 saturated heterocycles. The number of carbonyl (C=O) groups is 2. The van der Waals surface area contributed by atoms with E-state index in [9.17, 15) is 9.59 Å². The molecule has 1 atom stereocenters. The molecule has 1 amide bonds. The van der Waals surface area contributed by atoms with Crippen LogP contribution in [0.2, 0.25) is 0 Å². The van der Waals surface area contributed by atoms with Gasteiger partial charge in [0.2, 0.25) is 0 Å². The van der Waals surface area contributed by atoms with Gasteiger partial charge in [-0.25, -0.2) is 4.79 Å². The van der Waals surface area contributed by atoms with Crippen molar-refractivity contribution in [2.45, 2.75) is 52.6 Å². The predicted molar refractivity (Wildman–Crippen MR) is 111 cm³/mol. The summed E-state index contributed by atoms with van der Waals surface area (Å²) in [6.07, 6.45) is 0.0199. The number of nitrogens with one attached hydrogen (secondary N) is 1. The summed E-state index contributed by atoms with van der Waals surface area (Å²) in [5, 5.41) is 2.74. The van der Waals surface area contributed by atoms with E-state index in [-0.39, 0.29) is 17.9 Å². The summed E-state index contributed by atoms with van der Waals surface area (Å²) >= 11 is 0. The average Bonchev–Trinajstić information content (AvgIpc) is 2.66. The molecule has 0 aliphatic carbocycles. The number of esters is 1. The van der Waals surface area contributed by atoms with Crippen molar-refractivity contribution in [1.29, 1.82) is 0 Å². The number of anilines is 1. The minimum atomic E-state index is -0.912. The summed E-state index contributed by atoms with van der Waals surface area (Å²) in [6.45, 7) is 9.74. The predicted octanol–water partition coefficient (Wildman–Crippen LogP) is 4.50. The zero-order valence-electron chi connectivity index (χ0n) is 17.2. The lowest BCUT2D eigenvalue weighted by Gasteiger charge is -2.19. The third kappa shape index (κ3) is 6.41. The van der Waals surface area contributed by atoms with Gasteiger partial charge in [-0.1, -0.05) is 52.0 Å². The molecule has 0 bridgehead atoms. The fourth-order valence-corrected chi connectivity index (χ4v) is 2.55. The number of rotatable bonds is 7. The van der Waals surface area contributed by atoms with Gasteiger partial charge in [-0.05, 0) is 54.2 Å². The zero-order valence-corrected chi connectivity index (χ0v) is 17.2. The molecule has 5 nitrogen and oxygen atoms in total. The van der Waals surface area contributed by atoms with Gasteiger partial charge in [0.1, 0.15) is 5.75 Å². The van der Waals surface area contributed by atoms with Gasteiger partial charge in [0.05, 0.1) is 0 Å². The van der Waals surface area contributed by atoms with Gasteiger partial charge in [-0.2, -0.15) is 0 Å². The summed E-state index contributed by atoms with van der Waals surface area (Å²) < 4.78 is 10.6. The molecule has 2 aromatic carbocycles. The van der Waals surface area contributed by atoms with Crippen molar-refractivity contribution in [3.8, 4) is 5.75 Å². The topological polar surface area (TPSA) is 64.6 Å². The minimum Gasteiger partial charge on any atom is -0.482 e. The Kier molecular flexibility index (Phi) is 7.21. The molecule has 2 rings (SSSR count). The Labute approximate surface area is 167 Å². The number of carbonyl (C=O) groups excluding carboxylic acids is 2. The second-order valence-electron chi connectivity index (χ2n) is 7.73. The van der Waals surface area contributed by atoms with Gasteiger partial charge >= 0.3 is 5.97 Å². The van der Waals surface area contributed by atoms with Gasteiger partial charge in [0.15, 0.2) is 12.7 Å². The van der Waals surface area contributed by atoms with Crippen molar-refractivity contribution in [2.24, 2.45) is 0 Å². The molecule has 0 fully saturated rings. The fourth-order valence-electron chi connectivity index (χ4n) is 2.55. The van der Waals surface area contributed by atoms with E-state index in [2.05, 4.69) is 33.0 Å². The lowest BCUT2D eigenvalue weighted by atomic mass is 9.87. The van der Waals surface area contributed by atoms with Crippen molar-refractivity contribution < 1.29 is 19.1 Å². The first-order chi connectivity index (χ1) is 13.2. The van der Waals surface area contributed by atoms with Crippen molar-refractivity contribution >= 4 is 17.6 Å². The molecule has 5 heteroatoms. The summed E-state index contributed by atoms with van der Waals surface area (Å²) in [7, 11) is 0. The quantitative estimate of drug-likeness (QED) is 0.715. The van der Waals surface area contributed by atoms with Gasteiger partial charge in [0.25, 0.3) is 5.91 Å². The summed E-state index contributed by atoms with van der Waals surface area (Å²) in [6, 6.07) is 15.1. The largest absolute Gasteiger partial charge is 0.482 e. The molecule has 1 N–H and O–H groups in total. The third-order valence-corrected chi connectivity index (χ3v) is 4.38. The Morgan fingerprint density at radius 3 is 2.14 bits per heavy atom. The first-order valence-corrected chi connectivity index (χ1v) is 9.51. The molecule has 0 saturated carbocycles. The molecular formula is C23H29NO4. The second kappa shape index (κ2) is 9.40. The van der Waals surface area contributed by atoms with Crippen LogP contribution >= 0.6 is 0 Å². The van der Waals surface area contributed by atoms with Crippen LogP contribution in [0.5, 0.6) is 5.75 Å². The van der Waals surface area contributed by atoms with Crippen LogP contribution in [0.3, 0.4) is 0 Å². The van der Waals surface area contributed by atoms with Gasteiger partial charge < -0.3 is 14.8 Å².